The highest BCUT2D eigenvalue weighted by atomic mass is 35.5. The summed E-state index contributed by atoms with van der Waals surface area (Å²) in [4.78, 5) is 25.1. The van der Waals surface area contributed by atoms with Gasteiger partial charge in [-0.3, -0.25) is 9.59 Å². The Kier molecular flexibility index (Phi) is 6.94. The number of carbonyl (C=O) groups excluding carboxylic acids is 1. The molecule has 10 heteroatoms. The molecule has 0 radical (unpaired) electrons. The standard InChI is InChI=1S/C23H22ClN3O5S/c24-21-7-2-1-4-18(21)15-26-16-19(8-9-22(26)28)25-23(29)17-5-3-6-20(14-17)33(30,31)27-10-12-32-13-11-27/h1-9,14,16H,10-13,15H2,(H,25,29). The lowest BCUT2D eigenvalue weighted by Gasteiger charge is -2.26. The molecule has 8 nitrogen and oxygen atoms in total. The number of hydrogen-bond donors (Lipinski definition) is 1. The summed E-state index contributed by atoms with van der Waals surface area (Å²) in [6.45, 7) is 1.46. The lowest BCUT2D eigenvalue weighted by Crippen LogP contribution is -2.40. The summed E-state index contributed by atoms with van der Waals surface area (Å²) in [6, 6.07) is 15.9. The zero-order chi connectivity index (χ0) is 23.4. The summed E-state index contributed by atoms with van der Waals surface area (Å²) in [5, 5.41) is 3.26. The number of pyridine rings is 1. The number of sulfonamides is 1. The molecule has 1 amide bonds. The third-order valence-corrected chi connectivity index (χ3v) is 7.51. The average Bonchev–Trinajstić information content (AvgIpc) is 2.83. The van der Waals surface area contributed by atoms with E-state index in [1.807, 2.05) is 12.1 Å². The second-order valence-electron chi connectivity index (χ2n) is 7.47. The zero-order valence-corrected chi connectivity index (χ0v) is 19.2. The molecule has 4 rings (SSSR count). The molecule has 172 valence electrons. The van der Waals surface area contributed by atoms with Gasteiger partial charge in [0.25, 0.3) is 11.5 Å². The first kappa shape index (κ1) is 23.2. The second-order valence-corrected chi connectivity index (χ2v) is 9.82. The number of hydrogen-bond acceptors (Lipinski definition) is 5. The van der Waals surface area contributed by atoms with Crippen molar-refractivity contribution in [2.75, 3.05) is 31.6 Å². The number of nitrogens with zero attached hydrogens (tertiary/aromatic N) is 2. The molecule has 33 heavy (non-hydrogen) atoms. The first-order chi connectivity index (χ1) is 15.8. The van der Waals surface area contributed by atoms with E-state index in [1.54, 1.807) is 12.1 Å². The topological polar surface area (TPSA) is 97.7 Å². The minimum atomic E-state index is -3.73. The Labute approximate surface area is 196 Å². The van der Waals surface area contributed by atoms with Crippen LogP contribution in [0.2, 0.25) is 5.02 Å². The van der Waals surface area contributed by atoms with Crippen LogP contribution in [0.15, 0.2) is 76.6 Å². The molecular weight excluding hydrogens is 466 g/mol. The number of aromatic nitrogens is 1. The second kappa shape index (κ2) is 9.88. The molecule has 1 aliphatic heterocycles. The fraction of sp³-hybridized carbons (Fsp3) is 0.217. The molecule has 2 aromatic carbocycles. The number of benzene rings is 2. The largest absolute Gasteiger partial charge is 0.379 e. The summed E-state index contributed by atoms with van der Waals surface area (Å²) < 4.78 is 33.8. The van der Waals surface area contributed by atoms with Crippen molar-refractivity contribution in [2.24, 2.45) is 0 Å². The van der Waals surface area contributed by atoms with Crippen LogP contribution >= 0.6 is 11.6 Å². The quantitative estimate of drug-likeness (QED) is 0.576. The Bertz CT molecular complexity index is 1330. The van der Waals surface area contributed by atoms with E-state index in [1.165, 1.54) is 51.5 Å². The highest BCUT2D eigenvalue weighted by Gasteiger charge is 2.26. The van der Waals surface area contributed by atoms with Gasteiger partial charge in [0.15, 0.2) is 0 Å². The van der Waals surface area contributed by atoms with Crippen LogP contribution in [0.5, 0.6) is 0 Å². The van der Waals surface area contributed by atoms with Crippen LogP contribution in [0.25, 0.3) is 0 Å². The molecule has 2 heterocycles. The van der Waals surface area contributed by atoms with E-state index in [0.717, 1.165) is 5.56 Å². The van der Waals surface area contributed by atoms with Crippen LogP contribution in [-0.2, 0) is 21.3 Å². The summed E-state index contributed by atoms with van der Waals surface area (Å²) in [5.41, 5.74) is 1.11. The Hall–Kier alpha value is -2.98. The van der Waals surface area contributed by atoms with Crippen molar-refractivity contribution in [3.8, 4) is 0 Å². The van der Waals surface area contributed by atoms with Crippen molar-refractivity contribution >= 4 is 33.2 Å². The van der Waals surface area contributed by atoms with E-state index in [4.69, 9.17) is 16.3 Å². The van der Waals surface area contributed by atoms with Gasteiger partial charge in [-0.2, -0.15) is 4.31 Å². The molecule has 1 N–H and O–H groups in total. The zero-order valence-electron chi connectivity index (χ0n) is 17.6. The van der Waals surface area contributed by atoms with E-state index < -0.39 is 15.9 Å². The minimum absolute atomic E-state index is 0.0424. The number of nitrogens with one attached hydrogen (secondary N) is 1. The van der Waals surface area contributed by atoms with Gasteiger partial charge in [-0.15, -0.1) is 0 Å². The third kappa shape index (κ3) is 5.33. The van der Waals surface area contributed by atoms with Crippen molar-refractivity contribution in [3.05, 3.63) is 93.4 Å². The highest BCUT2D eigenvalue weighted by molar-refractivity contribution is 7.89. The van der Waals surface area contributed by atoms with Crippen molar-refractivity contribution < 1.29 is 17.9 Å². The Morgan fingerprint density at radius 2 is 1.79 bits per heavy atom. The highest BCUT2D eigenvalue weighted by Crippen LogP contribution is 2.20. The first-order valence-corrected chi connectivity index (χ1v) is 12.1. The third-order valence-electron chi connectivity index (χ3n) is 5.24. The van der Waals surface area contributed by atoms with Crippen molar-refractivity contribution in [2.45, 2.75) is 11.4 Å². The number of halogens is 1. The van der Waals surface area contributed by atoms with Gasteiger partial charge >= 0.3 is 0 Å². The lowest BCUT2D eigenvalue weighted by atomic mass is 10.2. The molecule has 0 bridgehead atoms. The van der Waals surface area contributed by atoms with Gasteiger partial charge in [0, 0.05) is 35.9 Å². The van der Waals surface area contributed by atoms with Crippen molar-refractivity contribution in [1.82, 2.24) is 8.87 Å². The summed E-state index contributed by atoms with van der Waals surface area (Å²) in [6.07, 6.45) is 1.53. The Morgan fingerprint density at radius 3 is 2.55 bits per heavy atom. The minimum Gasteiger partial charge on any atom is -0.379 e. The number of morpholine rings is 1. The van der Waals surface area contributed by atoms with Crippen LogP contribution in [0.3, 0.4) is 0 Å². The smallest absolute Gasteiger partial charge is 0.255 e. The molecule has 0 unspecified atom stereocenters. The molecule has 1 aromatic heterocycles. The van der Waals surface area contributed by atoms with E-state index in [-0.39, 0.29) is 35.7 Å². The fourth-order valence-corrected chi connectivity index (χ4v) is 5.13. The number of ether oxygens (including phenoxy) is 1. The molecule has 0 saturated carbocycles. The maximum Gasteiger partial charge on any atom is 0.255 e. The van der Waals surface area contributed by atoms with Crippen LogP contribution in [0.1, 0.15) is 15.9 Å². The number of amides is 1. The van der Waals surface area contributed by atoms with Gasteiger partial charge in [-0.05, 0) is 35.9 Å². The van der Waals surface area contributed by atoms with E-state index in [0.29, 0.717) is 23.9 Å². The van der Waals surface area contributed by atoms with E-state index in [2.05, 4.69) is 5.32 Å². The van der Waals surface area contributed by atoms with E-state index in [9.17, 15) is 18.0 Å². The molecule has 0 spiro atoms. The Morgan fingerprint density at radius 1 is 1.03 bits per heavy atom. The van der Waals surface area contributed by atoms with Crippen LogP contribution in [0.4, 0.5) is 5.69 Å². The normalized spacial score (nSPS) is 14.7. The maximum absolute atomic E-state index is 12.9. The van der Waals surface area contributed by atoms with Gasteiger partial charge < -0.3 is 14.6 Å². The van der Waals surface area contributed by atoms with Gasteiger partial charge in [-0.1, -0.05) is 35.9 Å². The molecular formula is C23H22ClN3O5S. The molecule has 1 fully saturated rings. The summed E-state index contributed by atoms with van der Waals surface area (Å²) >= 11 is 6.19. The lowest BCUT2D eigenvalue weighted by molar-refractivity contribution is 0.0730. The van der Waals surface area contributed by atoms with Gasteiger partial charge in [0.05, 0.1) is 30.3 Å². The first-order valence-electron chi connectivity index (χ1n) is 10.3. The van der Waals surface area contributed by atoms with E-state index >= 15 is 0 Å². The van der Waals surface area contributed by atoms with Crippen LogP contribution in [0, 0.1) is 0 Å². The Balaban J connectivity index is 1.54. The van der Waals surface area contributed by atoms with Crippen molar-refractivity contribution in [1.29, 1.82) is 0 Å². The summed E-state index contributed by atoms with van der Waals surface area (Å²) in [7, 11) is -3.73. The molecule has 0 aliphatic carbocycles. The number of carbonyl (C=O) groups is 1. The predicted molar refractivity (Wildman–Crippen MR) is 125 cm³/mol. The monoisotopic (exact) mass is 487 g/mol. The molecule has 3 aromatic rings. The maximum atomic E-state index is 12.9. The van der Waals surface area contributed by atoms with Gasteiger partial charge in [-0.25, -0.2) is 8.42 Å². The molecule has 0 atom stereocenters. The van der Waals surface area contributed by atoms with Crippen LogP contribution in [-0.4, -0.2) is 49.5 Å². The number of rotatable bonds is 6. The number of anilines is 1. The van der Waals surface area contributed by atoms with Gasteiger partial charge in [0.2, 0.25) is 10.0 Å². The predicted octanol–water partition coefficient (Wildman–Crippen LogP) is 2.82. The average molecular weight is 488 g/mol. The molecule has 1 saturated heterocycles. The van der Waals surface area contributed by atoms with Gasteiger partial charge in [0.1, 0.15) is 0 Å². The fourth-order valence-electron chi connectivity index (χ4n) is 3.48. The summed E-state index contributed by atoms with van der Waals surface area (Å²) in [5.74, 6) is -0.489. The van der Waals surface area contributed by atoms with Crippen molar-refractivity contribution in [3.63, 3.8) is 0 Å². The molecule has 1 aliphatic rings. The SMILES string of the molecule is O=C(Nc1ccc(=O)n(Cc2ccccc2Cl)c1)c1cccc(S(=O)(=O)N2CCOCC2)c1. The van der Waals surface area contributed by atoms with Crippen LogP contribution < -0.4 is 10.9 Å².